The predicted molar refractivity (Wildman–Crippen MR) is 83.9 cm³/mol. The molecule has 0 aliphatic heterocycles. The predicted octanol–water partition coefficient (Wildman–Crippen LogP) is 2.57. The van der Waals surface area contributed by atoms with E-state index in [1.165, 1.54) is 6.20 Å². The fourth-order valence-corrected chi connectivity index (χ4v) is 2.16. The average Bonchev–Trinajstić information content (AvgIpc) is 3.11. The van der Waals surface area contributed by atoms with E-state index in [-0.39, 0.29) is 5.91 Å². The quantitative estimate of drug-likeness (QED) is 0.804. The molecule has 1 amide bonds. The molecular weight excluding hydrogens is 302 g/mol. The standard InChI is InChI=1S/C15H14ClN5O/c1-20-9-12(6-17-20)15(22)19-14-7-18-21(10-14)8-11-2-4-13(16)5-3-11/h2-7,9-10H,8H2,1H3,(H,19,22). The molecule has 0 saturated heterocycles. The van der Waals surface area contributed by atoms with Crippen molar-refractivity contribution in [3.8, 4) is 0 Å². The van der Waals surface area contributed by atoms with Crippen LogP contribution in [0.1, 0.15) is 15.9 Å². The molecule has 0 bridgehead atoms. The highest BCUT2D eigenvalue weighted by molar-refractivity contribution is 6.30. The van der Waals surface area contributed by atoms with Gasteiger partial charge in [-0.25, -0.2) is 0 Å². The number of aryl methyl sites for hydroxylation is 1. The maximum Gasteiger partial charge on any atom is 0.258 e. The summed E-state index contributed by atoms with van der Waals surface area (Å²) in [4.78, 5) is 12.0. The van der Waals surface area contributed by atoms with Crippen LogP contribution < -0.4 is 5.32 Å². The van der Waals surface area contributed by atoms with Gasteiger partial charge in [-0.15, -0.1) is 0 Å². The Balaban J connectivity index is 1.66. The molecule has 2 aromatic heterocycles. The number of anilines is 1. The third kappa shape index (κ3) is 3.35. The van der Waals surface area contributed by atoms with Crippen molar-refractivity contribution in [3.05, 3.63) is 65.2 Å². The Kier molecular flexibility index (Phi) is 3.93. The van der Waals surface area contributed by atoms with Crippen LogP contribution in [0.5, 0.6) is 0 Å². The normalized spacial score (nSPS) is 10.6. The molecule has 3 rings (SSSR count). The average molecular weight is 316 g/mol. The van der Waals surface area contributed by atoms with Crippen LogP contribution in [-0.4, -0.2) is 25.5 Å². The Morgan fingerprint density at radius 2 is 1.95 bits per heavy atom. The summed E-state index contributed by atoms with van der Waals surface area (Å²) < 4.78 is 3.33. The molecule has 0 spiro atoms. The lowest BCUT2D eigenvalue weighted by atomic mass is 10.2. The third-order valence-corrected chi connectivity index (χ3v) is 3.37. The van der Waals surface area contributed by atoms with Gasteiger partial charge in [0.15, 0.2) is 0 Å². The molecule has 112 valence electrons. The lowest BCUT2D eigenvalue weighted by Gasteiger charge is -2.02. The smallest absolute Gasteiger partial charge is 0.258 e. The number of hydrogen-bond donors (Lipinski definition) is 1. The van der Waals surface area contributed by atoms with Crippen LogP contribution in [0.25, 0.3) is 0 Å². The van der Waals surface area contributed by atoms with Crippen LogP contribution in [0.15, 0.2) is 49.1 Å². The lowest BCUT2D eigenvalue weighted by molar-refractivity contribution is 0.102. The van der Waals surface area contributed by atoms with Gasteiger partial charge in [-0.1, -0.05) is 23.7 Å². The molecule has 7 heteroatoms. The van der Waals surface area contributed by atoms with Gasteiger partial charge in [-0.05, 0) is 17.7 Å². The van der Waals surface area contributed by atoms with Gasteiger partial charge in [0.2, 0.25) is 0 Å². The third-order valence-electron chi connectivity index (χ3n) is 3.12. The van der Waals surface area contributed by atoms with E-state index in [4.69, 9.17) is 11.6 Å². The molecule has 0 atom stereocenters. The summed E-state index contributed by atoms with van der Waals surface area (Å²) in [6, 6.07) is 7.56. The number of halogens is 1. The summed E-state index contributed by atoms with van der Waals surface area (Å²) in [7, 11) is 1.76. The van der Waals surface area contributed by atoms with Crippen LogP contribution in [0, 0.1) is 0 Å². The highest BCUT2D eigenvalue weighted by Gasteiger charge is 2.09. The van der Waals surface area contributed by atoms with E-state index in [1.54, 1.807) is 35.0 Å². The first-order valence-electron chi connectivity index (χ1n) is 6.67. The van der Waals surface area contributed by atoms with E-state index < -0.39 is 0 Å². The zero-order valence-electron chi connectivity index (χ0n) is 11.9. The summed E-state index contributed by atoms with van der Waals surface area (Å²) in [6.45, 7) is 0.611. The Morgan fingerprint density at radius 1 is 1.18 bits per heavy atom. The molecule has 1 aromatic carbocycles. The zero-order valence-corrected chi connectivity index (χ0v) is 12.7. The van der Waals surface area contributed by atoms with Crippen molar-refractivity contribution in [1.82, 2.24) is 19.6 Å². The molecule has 1 N–H and O–H groups in total. The van der Waals surface area contributed by atoms with Crippen molar-refractivity contribution in [1.29, 1.82) is 0 Å². The number of benzene rings is 1. The molecule has 2 heterocycles. The second kappa shape index (κ2) is 6.03. The van der Waals surface area contributed by atoms with Crippen LogP contribution in [0.2, 0.25) is 5.02 Å². The molecule has 3 aromatic rings. The second-order valence-corrected chi connectivity index (χ2v) is 5.35. The number of aromatic nitrogens is 4. The molecular formula is C15H14ClN5O. The van der Waals surface area contributed by atoms with E-state index in [0.717, 1.165) is 5.56 Å². The fourth-order valence-electron chi connectivity index (χ4n) is 2.03. The van der Waals surface area contributed by atoms with Crippen LogP contribution in [0.3, 0.4) is 0 Å². The van der Waals surface area contributed by atoms with E-state index in [1.807, 2.05) is 24.3 Å². The molecule has 0 radical (unpaired) electrons. The first-order valence-corrected chi connectivity index (χ1v) is 7.05. The molecule has 6 nitrogen and oxygen atoms in total. The van der Waals surface area contributed by atoms with Gasteiger partial charge in [0.05, 0.1) is 30.2 Å². The zero-order chi connectivity index (χ0) is 15.5. The van der Waals surface area contributed by atoms with Gasteiger partial charge in [-0.2, -0.15) is 10.2 Å². The molecule has 0 aliphatic carbocycles. The second-order valence-electron chi connectivity index (χ2n) is 4.91. The summed E-state index contributed by atoms with van der Waals surface area (Å²) in [5.41, 5.74) is 2.23. The van der Waals surface area contributed by atoms with Crippen molar-refractivity contribution in [2.24, 2.45) is 7.05 Å². The van der Waals surface area contributed by atoms with Gasteiger partial charge in [0.1, 0.15) is 0 Å². The highest BCUT2D eigenvalue weighted by Crippen LogP contribution is 2.12. The minimum Gasteiger partial charge on any atom is -0.319 e. The summed E-state index contributed by atoms with van der Waals surface area (Å²) in [5, 5.41) is 11.7. The van der Waals surface area contributed by atoms with Crippen molar-refractivity contribution < 1.29 is 4.79 Å². The maximum absolute atomic E-state index is 12.0. The molecule has 0 fully saturated rings. The molecule has 0 unspecified atom stereocenters. The topological polar surface area (TPSA) is 64.7 Å². The first kappa shape index (κ1) is 14.3. The highest BCUT2D eigenvalue weighted by atomic mass is 35.5. The SMILES string of the molecule is Cn1cc(C(=O)Nc2cnn(Cc3ccc(Cl)cc3)c2)cn1. The monoisotopic (exact) mass is 315 g/mol. The first-order chi connectivity index (χ1) is 10.6. The molecule has 0 aliphatic rings. The lowest BCUT2D eigenvalue weighted by Crippen LogP contribution is -2.10. The van der Waals surface area contributed by atoms with Crippen molar-refractivity contribution in [3.63, 3.8) is 0 Å². The van der Waals surface area contributed by atoms with Gasteiger partial charge in [-0.3, -0.25) is 14.2 Å². The van der Waals surface area contributed by atoms with Gasteiger partial charge in [0.25, 0.3) is 5.91 Å². The maximum atomic E-state index is 12.0. The molecule has 0 saturated carbocycles. The summed E-state index contributed by atoms with van der Waals surface area (Å²) >= 11 is 5.86. The van der Waals surface area contributed by atoms with Crippen molar-refractivity contribution in [2.75, 3.05) is 5.32 Å². The van der Waals surface area contributed by atoms with Gasteiger partial charge >= 0.3 is 0 Å². The largest absolute Gasteiger partial charge is 0.319 e. The van der Waals surface area contributed by atoms with E-state index >= 15 is 0 Å². The number of carbonyl (C=O) groups is 1. The number of carbonyl (C=O) groups excluding carboxylic acids is 1. The number of nitrogens with zero attached hydrogens (tertiary/aromatic N) is 4. The number of amides is 1. The minimum atomic E-state index is -0.209. The Labute approximate surface area is 132 Å². The number of rotatable bonds is 4. The number of hydrogen-bond acceptors (Lipinski definition) is 3. The Hall–Kier alpha value is -2.60. The van der Waals surface area contributed by atoms with E-state index in [2.05, 4.69) is 15.5 Å². The summed E-state index contributed by atoms with van der Waals surface area (Å²) in [5.74, 6) is -0.209. The van der Waals surface area contributed by atoms with Gasteiger partial charge in [0, 0.05) is 24.5 Å². The van der Waals surface area contributed by atoms with Crippen molar-refractivity contribution in [2.45, 2.75) is 6.54 Å². The molecule has 22 heavy (non-hydrogen) atoms. The summed E-state index contributed by atoms with van der Waals surface area (Å²) in [6.07, 6.45) is 6.58. The fraction of sp³-hybridized carbons (Fsp3) is 0.133. The van der Waals surface area contributed by atoms with Crippen LogP contribution in [-0.2, 0) is 13.6 Å². The Bertz CT molecular complexity index is 790. The van der Waals surface area contributed by atoms with Crippen molar-refractivity contribution >= 4 is 23.2 Å². The van der Waals surface area contributed by atoms with Crippen LogP contribution in [0.4, 0.5) is 5.69 Å². The van der Waals surface area contributed by atoms with E-state index in [9.17, 15) is 4.79 Å². The minimum absolute atomic E-state index is 0.209. The van der Waals surface area contributed by atoms with E-state index in [0.29, 0.717) is 22.8 Å². The van der Waals surface area contributed by atoms with Crippen LogP contribution >= 0.6 is 11.6 Å². The Morgan fingerprint density at radius 3 is 2.64 bits per heavy atom. The number of nitrogens with one attached hydrogen (secondary N) is 1. The van der Waals surface area contributed by atoms with Gasteiger partial charge < -0.3 is 5.32 Å².